The van der Waals surface area contributed by atoms with Gasteiger partial charge in [0.2, 0.25) is 0 Å². The molecule has 0 unspecified atom stereocenters. The monoisotopic (exact) mass is 324 g/mol. The lowest BCUT2D eigenvalue weighted by atomic mass is 9.77. The molecule has 1 aromatic carbocycles. The van der Waals surface area contributed by atoms with Crippen LogP contribution in [0.25, 0.3) is 6.08 Å². The second-order valence-corrected chi connectivity index (χ2v) is 6.90. The molecule has 120 valence electrons. The van der Waals surface area contributed by atoms with Crippen molar-refractivity contribution in [3.63, 3.8) is 0 Å². The van der Waals surface area contributed by atoms with E-state index in [4.69, 9.17) is 20.9 Å². The Morgan fingerprint density at radius 3 is 2.27 bits per heavy atom. The topological polar surface area (TPSA) is 58.9 Å². The average molecular weight is 325 g/mol. The summed E-state index contributed by atoms with van der Waals surface area (Å²) in [6, 6.07) is 5.24. The van der Waals surface area contributed by atoms with Crippen molar-refractivity contribution >= 4 is 24.8 Å². The molecule has 1 aliphatic heterocycles. The van der Waals surface area contributed by atoms with Crippen LogP contribution in [-0.2, 0) is 15.9 Å². The van der Waals surface area contributed by atoms with Gasteiger partial charge in [-0.2, -0.15) is 0 Å². The van der Waals surface area contributed by atoms with Crippen LogP contribution in [0.3, 0.4) is 0 Å². The lowest BCUT2D eigenvalue weighted by Gasteiger charge is -2.32. The van der Waals surface area contributed by atoms with Crippen molar-refractivity contribution in [1.29, 1.82) is 0 Å². The molecular formula is C16H22BClO4. The van der Waals surface area contributed by atoms with Crippen molar-refractivity contribution in [2.45, 2.75) is 45.5 Å². The van der Waals surface area contributed by atoms with Crippen LogP contribution in [0, 0.1) is 0 Å². The molecule has 0 atom stereocenters. The zero-order valence-corrected chi connectivity index (χ0v) is 14.1. The molecule has 0 aromatic heterocycles. The molecule has 0 radical (unpaired) electrons. The molecule has 1 heterocycles. The Labute approximate surface area is 136 Å². The summed E-state index contributed by atoms with van der Waals surface area (Å²) in [5, 5.41) is 19.7. The lowest BCUT2D eigenvalue weighted by Crippen LogP contribution is -2.41. The van der Waals surface area contributed by atoms with E-state index in [0.717, 1.165) is 5.56 Å². The number of halogens is 1. The van der Waals surface area contributed by atoms with Crippen LogP contribution >= 0.6 is 11.6 Å². The highest BCUT2D eigenvalue weighted by molar-refractivity contribution is 6.55. The molecule has 1 saturated heterocycles. The standard InChI is InChI=1S/C16H22BClO4/c1-15(2)16(3,4)22-17(21-15)13(10-20)7-11-5-6-14(18)8-12(11)9-19/h5-8,19-20H,9-10H2,1-4H3. The summed E-state index contributed by atoms with van der Waals surface area (Å²) >= 11 is 5.94. The number of hydrogen-bond donors (Lipinski definition) is 2. The van der Waals surface area contributed by atoms with E-state index in [1.54, 1.807) is 24.3 Å². The smallest absolute Gasteiger partial charge is 0.400 e. The molecule has 0 bridgehead atoms. The SMILES string of the molecule is CC1(C)OB(C(=Cc2ccc(Cl)cc2CO)CO)OC1(C)C. The zero-order chi connectivity index (χ0) is 16.5. The number of aliphatic hydroxyl groups is 2. The maximum atomic E-state index is 9.69. The van der Waals surface area contributed by atoms with Gasteiger partial charge < -0.3 is 19.5 Å². The summed E-state index contributed by atoms with van der Waals surface area (Å²) in [5.41, 5.74) is 1.15. The number of aliphatic hydroxyl groups excluding tert-OH is 2. The van der Waals surface area contributed by atoms with Crippen molar-refractivity contribution in [3.8, 4) is 0 Å². The third-order valence-corrected chi connectivity index (χ3v) is 4.59. The van der Waals surface area contributed by atoms with E-state index in [0.29, 0.717) is 16.1 Å². The highest BCUT2D eigenvalue weighted by Gasteiger charge is 2.52. The summed E-state index contributed by atoms with van der Waals surface area (Å²) in [6.07, 6.45) is 1.78. The Hall–Kier alpha value is -0.845. The third kappa shape index (κ3) is 3.39. The number of hydrogen-bond acceptors (Lipinski definition) is 4. The highest BCUT2D eigenvalue weighted by atomic mass is 35.5. The normalized spacial score (nSPS) is 20.5. The van der Waals surface area contributed by atoms with E-state index in [1.165, 1.54) is 0 Å². The van der Waals surface area contributed by atoms with Crippen LogP contribution in [0.15, 0.2) is 23.7 Å². The Kier molecular flexibility index (Phi) is 5.04. The Bertz CT molecular complexity index is 568. The Balaban J connectivity index is 2.34. The van der Waals surface area contributed by atoms with Crippen LogP contribution < -0.4 is 0 Å². The molecule has 4 nitrogen and oxygen atoms in total. The minimum Gasteiger partial charge on any atom is -0.400 e. The third-order valence-electron chi connectivity index (χ3n) is 4.35. The minimum atomic E-state index is -0.614. The molecule has 0 aliphatic carbocycles. The summed E-state index contributed by atoms with van der Waals surface area (Å²) in [4.78, 5) is 0. The first-order chi connectivity index (χ1) is 10.2. The summed E-state index contributed by atoms with van der Waals surface area (Å²) < 4.78 is 11.9. The van der Waals surface area contributed by atoms with Crippen molar-refractivity contribution in [3.05, 3.63) is 39.8 Å². The second kappa shape index (κ2) is 6.34. The van der Waals surface area contributed by atoms with Gasteiger partial charge in [0.15, 0.2) is 0 Å². The molecule has 1 aliphatic rings. The van der Waals surface area contributed by atoms with Crippen LogP contribution in [-0.4, -0.2) is 35.1 Å². The quantitative estimate of drug-likeness (QED) is 0.836. The van der Waals surface area contributed by atoms with Gasteiger partial charge in [-0.3, -0.25) is 0 Å². The maximum Gasteiger partial charge on any atom is 0.492 e. The molecule has 2 N–H and O–H groups in total. The van der Waals surface area contributed by atoms with Gasteiger partial charge in [0.25, 0.3) is 0 Å². The van der Waals surface area contributed by atoms with Crippen molar-refractivity contribution < 1.29 is 19.5 Å². The molecular weight excluding hydrogens is 302 g/mol. The first-order valence-electron chi connectivity index (χ1n) is 7.26. The van der Waals surface area contributed by atoms with Crippen molar-refractivity contribution in [1.82, 2.24) is 0 Å². The molecule has 6 heteroatoms. The second-order valence-electron chi connectivity index (χ2n) is 6.47. The van der Waals surface area contributed by atoms with E-state index in [1.807, 2.05) is 27.7 Å². The molecule has 2 rings (SSSR count). The first-order valence-corrected chi connectivity index (χ1v) is 7.64. The van der Waals surface area contributed by atoms with Gasteiger partial charge in [-0.05, 0) is 56.4 Å². The van der Waals surface area contributed by atoms with Crippen molar-refractivity contribution in [2.24, 2.45) is 0 Å². The van der Waals surface area contributed by atoms with Crippen LogP contribution in [0.5, 0.6) is 0 Å². The summed E-state index contributed by atoms with van der Waals surface area (Å²) in [7, 11) is -0.614. The molecule has 1 aromatic rings. The fraction of sp³-hybridized carbons (Fsp3) is 0.500. The van der Waals surface area contributed by atoms with E-state index < -0.39 is 18.3 Å². The molecule has 0 saturated carbocycles. The number of rotatable bonds is 4. The summed E-state index contributed by atoms with van der Waals surface area (Å²) in [6.45, 7) is 7.53. The molecule has 1 fully saturated rings. The van der Waals surface area contributed by atoms with E-state index >= 15 is 0 Å². The van der Waals surface area contributed by atoms with Gasteiger partial charge in [0.1, 0.15) is 0 Å². The Morgan fingerprint density at radius 2 is 1.77 bits per heavy atom. The Morgan fingerprint density at radius 1 is 1.18 bits per heavy atom. The predicted octanol–water partition coefficient (Wildman–Crippen LogP) is 2.84. The minimum absolute atomic E-state index is 0.130. The molecule has 0 spiro atoms. The van der Waals surface area contributed by atoms with Gasteiger partial charge in [-0.1, -0.05) is 23.7 Å². The maximum absolute atomic E-state index is 9.69. The largest absolute Gasteiger partial charge is 0.492 e. The van der Waals surface area contributed by atoms with Gasteiger partial charge in [-0.15, -0.1) is 0 Å². The predicted molar refractivity (Wildman–Crippen MR) is 88.5 cm³/mol. The summed E-state index contributed by atoms with van der Waals surface area (Å²) in [5.74, 6) is 0. The molecule has 22 heavy (non-hydrogen) atoms. The number of benzene rings is 1. The average Bonchev–Trinajstić information content (AvgIpc) is 2.65. The van der Waals surface area contributed by atoms with Crippen LogP contribution in [0.2, 0.25) is 5.02 Å². The van der Waals surface area contributed by atoms with Crippen molar-refractivity contribution in [2.75, 3.05) is 6.61 Å². The van der Waals surface area contributed by atoms with E-state index in [9.17, 15) is 10.2 Å². The van der Waals surface area contributed by atoms with Gasteiger partial charge >= 0.3 is 7.12 Å². The fourth-order valence-electron chi connectivity index (χ4n) is 2.23. The van der Waals surface area contributed by atoms with Gasteiger partial charge in [0, 0.05) is 5.02 Å². The highest BCUT2D eigenvalue weighted by Crippen LogP contribution is 2.38. The van der Waals surface area contributed by atoms with Crippen LogP contribution in [0.4, 0.5) is 0 Å². The van der Waals surface area contributed by atoms with Crippen LogP contribution in [0.1, 0.15) is 38.8 Å². The van der Waals surface area contributed by atoms with E-state index in [2.05, 4.69) is 0 Å². The zero-order valence-electron chi connectivity index (χ0n) is 13.4. The van der Waals surface area contributed by atoms with E-state index in [-0.39, 0.29) is 13.2 Å². The van der Waals surface area contributed by atoms with Gasteiger partial charge in [0.05, 0.1) is 24.4 Å². The fourth-order valence-corrected chi connectivity index (χ4v) is 2.43. The molecule has 0 amide bonds. The lowest BCUT2D eigenvalue weighted by molar-refractivity contribution is 0.00578. The van der Waals surface area contributed by atoms with Gasteiger partial charge in [-0.25, -0.2) is 0 Å². The first kappa shape index (κ1) is 17.5.